The second-order valence-electron chi connectivity index (χ2n) is 7.56. The van der Waals surface area contributed by atoms with Crippen LogP contribution in [-0.4, -0.2) is 28.7 Å². The second kappa shape index (κ2) is 9.64. The van der Waals surface area contributed by atoms with E-state index in [1.54, 1.807) is 48.5 Å². The van der Waals surface area contributed by atoms with E-state index >= 15 is 0 Å². The molecule has 0 saturated heterocycles. The maximum atomic E-state index is 14.3. The van der Waals surface area contributed by atoms with Crippen molar-refractivity contribution in [3.05, 3.63) is 95.1 Å². The lowest BCUT2D eigenvalue weighted by Crippen LogP contribution is -2.23. The molecule has 0 unspecified atom stereocenters. The lowest BCUT2D eigenvalue weighted by molar-refractivity contribution is 0.0946. The molecule has 4 aromatic rings. The Labute approximate surface area is 199 Å². The van der Waals surface area contributed by atoms with E-state index in [2.05, 4.69) is 10.4 Å². The molecule has 178 valence electrons. The molecular formula is C25H21F2N5O3. The molecule has 0 aliphatic heterocycles. The molecule has 0 aliphatic carbocycles. The number of ether oxygens (including phenoxy) is 1. The number of hydrogen-bond acceptors (Lipinski definition) is 5. The first-order chi connectivity index (χ1) is 16.8. The van der Waals surface area contributed by atoms with E-state index < -0.39 is 17.5 Å². The van der Waals surface area contributed by atoms with Crippen LogP contribution >= 0.6 is 0 Å². The predicted octanol–water partition coefficient (Wildman–Crippen LogP) is 3.44. The molecule has 3 aromatic carbocycles. The van der Waals surface area contributed by atoms with Crippen LogP contribution in [0, 0.1) is 11.6 Å². The van der Waals surface area contributed by atoms with Gasteiger partial charge in [0.25, 0.3) is 11.8 Å². The Morgan fingerprint density at radius 3 is 2.43 bits per heavy atom. The van der Waals surface area contributed by atoms with Crippen molar-refractivity contribution in [3.8, 4) is 22.7 Å². The van der Waals surface area contributed by atoms with Crippen LogP contribution in [0.25, 0.3) is 16.9 Å². The van der Waals surface area contributed by atoms with Crippen molar-refractivity contribution in [2.24, 2.45) is 5.73 Å². The number of aromatic nitrogens is 2. The van der Waals surface area contributed by atoms with E-state index in [4.69, 9.17) is 16.2 Å². The Kier molecular flexibility index (Phi) is 6.45. The van der Waals surface area contributed by atoms with Gasteiger partial charge in [0.15, 0.2) is 5.82 Å². The van der Waals surface area contributed by atoms with Crippen LogP contribution in [-0.2, 0) is 6.54 Å². The molecule has 0 atom stereocenters. The Morgan fingerprint density at radius 2 is 1.77 bits per heavy atom. The minimum atomic E-state index is -0.900. The molecule has 10 heteroatoms. The molecule has 1 aromatic heterocycles. The highest BCUT2D eigenvalue weighted by Crippen LogP contribution is 2.30. The second-order valence-corrected chi connectivity index (χ2v) is 7.56. The Bertz CT molecular complexity index is 1420. The number of hydrogen-bond donors (Lipinski definition) is 3. The van der Waals surface area contributed by atoms with E-state index in [1.807, 2.05) is 0 Å². The molecule has 8 nitrogen and oxygen atoms in total. The van der Waals surface area contributed by atoms with E-state index in [0.717, 1.165) is 22.4 Å². The first kappa shape index (κ1) is 23.4. The summed E-state index contributed by atoms with van der Waals surface area (Å²) in [4.78, 5) is 24.6. The summed E-state index contributed by atoms with van der Waals surface area (Å²) >= 11 is 0. The monoisotopic (exact) mass is 477 g/mol. The van der Waals surface area contributed by atoms with Gasteiger partial charge in [-0.15, -0.1) is 0 Å². The van der Waals surface area contributed by atoms with E-state index in [0.29, 0.717) is 22.9 Å². The van der Waals surface area contributed by atoms with E-state index in [9.17, 15) is 18.4 Å². The number of rotatable bonds is 7. The molecule has 4 rings (SSSR count). The molecular weight excluding hydrogens is 456 g/mol. The summed E-state index contributed by atoms with van der Waals surface area (Å²) in [6.07, 6.45) is 0. The van der Waals surface area contributed by atoms with Crippen molar-refractivity contribution >= 4 is 17.6 Å². The van der Waals surface area contributed by atoms with Crippen molar-refractivity contribution in [3.63, 3.8) is 0 Å². The summed E-state index contributed by atoms with van der Waals surface area (Å²) in [6.45, 7) is 0.233. The topological polar surface area (TPSA) is 125 Å². The maximum absolute atomic E-state index is 14.3. The number of benzene rings is 3. The number of carbonyl (C=O) groups is 2. The van der Waals surface area contributed by atoms with Crippen molar-refractivity contribution in [1.82, 2.24) is 15.1 Å². The smallest absolute Gasteiger partial charge is 0.255 e. The third kappa shape index (κ3) is 4.67. The molecule has 5 N–H and O–H groups in total. The molecule has 2 amide bonds. The molecule has 1 heterocycles. The maximum Gasteiger partial charge on any atom is 0.255 e. The normalized spacial score (nSPS) is 10.7. The molecule has 0 aliphatic rings. The fourth-order valence-corrected chi connectivity index (χ4v) is 3.60. The third-order valence-corrected chi connectivity index (χ3v) is 5.34. The Balaban J connectivity index is 1.59. The number of nitrogen functional groups attached to an aromatic ring is 1. The van der Waals surface area contributed by atoms with Crippen LogP contribution in [0.4, 0.5) is 14.6 Å². The average Bonchev–Trinajstić information content (AvgIpc) is 3.19. The number of nitrogens with one attached hydrogen (secondary N) is 1. The zero-order chi connectivity index (χ0) is 25.1. The summed E-state index contributed by atoms with van der Waals surface area (Å²) in [5.41, 5.74) is 13.2. The van der Waals surface area contributed by atoms with Crippen molar-refractivity contribution in [1.29, 1.82) is 0 Å². The lowest BCUT2D eigenvalue weighted by Gasteiger charge is -2.09. The van der Waals surface area contributed by atoms with Gasteiger partial charge in [0.1, 0.15) is 34.3 Å². The molecule has 35 heavy (non-hydrogen) atoms. The first-order valence-electron chi connectivity index (χ1n) is 10.4. The number of methoxy groups -OCH3 is 1. The van der Waals surface area contributed by atoms with Gasteiger partial charge in [-0.05, 0) is 29.8 Å². The number of carbonyl (C=O) groups excluding carboxylic acids is 2. The summed E-state index contributed by atoms with van der Waals surface area (Å²) in [5, 5.41) is 7.09. The van der Waals surface area contributed by atoms with Crippen LogP contribution in [0.3, 0.4) is 0 Å². The van der Waals surface area contributed by atoms with Crippen LogP contribution in [0.1, 0.15) is 26.3 Å². The van der Waals surface area contributed by atoms with Crippen molar-refractivity contribution in [2.45, 2.75) is 6.54 Å². The van der Waals surface area contributed by atoms with Crippen LogP contribution in [0.15, 0.2) is 66.7 Å². The SMILES string of the molecule is COc1ccccc1C(=O)NCc1ccc(-c2nn(-c3ccc(F)cc3F)c(N)c2C(N)=O)cc1. The van der Waals surface area contributed by atoms with Crippen LogP contribution in [0.2, 0.25) is 0 Å². The lowest BCUT2D eigenvalue weighted by atomic mass is 10.0. The molecule has 0 fully saturated rings. The molecule has 0 spiro atoms. The predicted molar refractivity (Wildman–Crippen MR) is 126 cm³/mol. The number of nitrogens with zero attached hydrogens (tertiary/aromatic N) is 2. The fourth-order valence-electron chi connectivity index (χ4n) is 3.60. The van der Waals surface area contributed by atoms with Gasteiger partial charge in [0, 0.05) is 18.2 Å². The van der Waals surface area contributed by atoms with E-state index in [1.165, 1.54) is 7.11 Å². The molecule has 0 saturated carbocycles. The van der Waals surface area contributed by atoms with Crippen molar-refractivity contribution < 1.29 is 23.1 Å². The standard InChI is InChI=1S/C25H21F2N5O3/c1-35-20-5-3-2-4-17(20)25(34)30-13-14-6-8-15(9-7-14)22-21(24(29)33)23(28)32(31-22)19-11-10-16(26)12-18(19)27/h2-12H,13,28H2,1H3,(H2,29,33)(H,30,34). The van der Waals surface area contributed by atoms with Gasteiger partial charge >= 0.3 is 0 Å². The van der Waals surface area contributed by atoms with Crippen LogP contribution in [0.5, 0.6) is 5.75 Å². The number of nitrogens with two attached hydrogens (primary N) is 2. The number of primary amides is 1. The average molecular weight is 477 g/mol. The molecule has 0 bridgehead atoms. The van der Waals surface area contributed by atoms with Gasteiger partial charge in [0.05, 0.1) is 12.7 Å². The highest BCUT2D eigenvalue weighted by atomic mass is 19.1. The first-order valence-corrected chi connectivity index (χ1v) is 10.4. The molecule has 0 radical (unpaired) electrons. The highest BCUT2D eigenvalue weighted by molar-refractivity contribution is 6.03. The minimum absolute atomic E-state index is 0.0917. The van der Waals surface area contributed by atoms with Gasteiger partial charge in [-0.1, -0.05) is 36.4 Å². The van der Waals surface area contributed by atoms with Gasteiger partial charge in [-0.3, -0.25) is 9.59 Å². The zero-order valence-electron chi connectivity index (χ0n) is 18.6. The highest BCUT2D eigenvalue weighted by Gasteiger charge is 2.23. The summed E-state index contributed by atoms with van der Waals surface area (Å²) < 4.78 is 33.9. The summed E-state index contributed by atoms with van der Waals surface area (Å²) in [6, 6.07) is 16.6. The number of para-hydroxylation sites is 1. The number of anilines is 1. The quantitative estimate of drug-likeness (QED) is 0.376. The number of halogens is 2. The zero-order valence-corrected chi connectivity index (χ0v) is 18.6. The third-order valence-electron chi connectivity index (χ3n) is 5.34. The van der Waals surface area contributed by atoms with Gasteiger partial charge in [0.2, 0.25) is 0 Å². The van der Waals surface area contributed by atoms with Gasteiger partial charge in [-0.25, -0.2) is 13.5 Å². The largest absolute Gasteiger partial charge is 0.496 e. The minimum Gasteiger partial charge on any atom is -0.496 e. The van der Waals surface area contributed by atoms with Gasteiger partial charge < -0.3 is 21.5 Å². The number of amides is 2. The Hall–Kier alpha value is -4.73. The summed E-state index contributed by atoms with van der Waals surface area (Å²) in [5.74, 6) is -2.52. The van der Waals surface area contributed by atoms with Crippen molar-refractivity contribution in [2.75, 3.05) is 12.8 Å². The fraction of sp³-hybridized carbons (Fsp3) is 0.0800. The Morgan fingerprint density at radius 1 is 1.06 bits per heavy atom. The summed E-state index contributed by atoms with van der Waals surface area (Å²) in [7, 11) is 1.49. The van der Waals surface area contributed by atoms with E-state index in [-0.39, 0.29) is 35.2 Å². The van der Waals surface area contributed by atoms with Gasteiger partial charge in [-0.2, -0.15) is 5.10 Å². The van der Waals surface area contributed by atoms with Crippen LogP contribution < -0.4 is 21.5 Å².